The van der Waals surface area contributed by atoms with Crippen LogP contribution in [0.25, 0.3) is 52.5 Å². The number of nitrogens with one attached hydrogen (secondary N) is 2. The Kier molecular flexibility index (Phi) is 33.1. The number of amides is 1. The predicted molar refractivity (Wildman–Crippen MR) is 461 cm³/mol. The molecule has 3 aromatic heterocycles. The van der Waals surface area contributed by atoms with Crippen molar-refractivity contribution >= 4 is 120 Å². The number of aliphatic imine (C=N–C) groups is 2. The lowest BCUT2D eigenvalue weighted by Gasteiger charge is -2.33. The molecular weight excluding hydrogens is 1590 g/mol. The van der Waals surface area contributed by atoms with E-state index in [0.717, 1.165) is 147 Å². The number of aryl methyl sites for hydroxylation is 2. The van der Waals surface area contributed by atoms with Crippen LogP contribution in [0, 0.1) is 51.8 Å². The van der Waals surface area contributed by atoms with Crippen molar-refractivity contribution in [2.45, 2.75) is 136 Å². The third kappa shape index (κ3) is 27.1. The monoisotopic (exact) mass is 1680 g/mol. The van der Waals surface area contributed by atoms with Crippen molar-refractivity contribution < 1.29 is 38.5 Å². The number of carbonyl (C=O) groups excluding carboxylic acids is 4. The average molecular weight is 1680 g/mol. The standard InChI is InChI=1S/C24H26FN5O.C21H27N5O3.C16H19N5O.C10H6N2O.C9H6BrNO.C8H7FO.CH3F/c1-17-3-4-18(13-21(17)25)15-27-19-7-9-29(10-8-19)11-12-30-23-14-20(26-2)5-6-22(23)28-16-24(30)31;1-21(2,3)29-20(28)24-15-7-9-25(10-8-15)11-12-26-18-13-16(22-4)5-6-17(18)23-14-19(26)27;1-18-13-2-3-14-15(10-13)21(16(22)11-19-14)9-8-20-6-4-12(17)5-7-20;1-11-8-2-3-10-7(4-8)5-9(13)6-12-10;10-7-1-2-9-6(3-7)4-8(12)5-11-9;1-6-2-3-7(5-10)4-8(6)9;1-2/h3-6,13-14,16,19,27H,7-12,15H2,1H3;5-6,13-15H,7-12H2,1-3H3,(H,24,28);2-3,10-12H,4-9,17H2;2-4,6H,5H2;1-3,5H,4H2;2-5H,1H3;1H3/i;;;;;;1D. The van der Waals surface area contributed by atoms with E-state index >= 15 is 0 Å². The zero-order valence-electron chi connectivity index (χ0n) is 67.9. The average Bonchev–Trinajstić information content (AvgIpc) is 0.801. The SMILES string of the molecule is Cc1ccc(C=O)cc1F.O=C1C=Nc2ccc(Br)cc2C1.[2H]CF.[C-]#[N+]c1ccc2c(c1)CC(=O)C=N2.[C-]#[N+]c1ccc2ncc(=O)n(CCN3CCC(N)CC3)c2c1.[C-]#[N+]c1ccc2ncc(=O)n(CCN3CCC(NC(=O)OC(C)(C)C)CC3)c2c1.[C-]#[N+]c1ccc2ncc(=O)n(CCN3CCC(NCc4ccc(C)c(F)c4)CC3)c2c1. The first-order valence-electron chi connectivity index (χ1n) is 39.4. The maximum absolute atomic E-state index is 13.7. The highest BCUT2D eigenvalue weighted by molar-refractivity contribution is 9.10. The van der Waals surface area contributed by atoms with E-state index in [0.29, 0.717) is 113 Å². The molecule has 7 aromatic carbocycles. The van der Waals surface area contributed by atoms with E-state index in [1.165, 1.54) is 37.1 Å². The van der Waals surface area contributed by atoms with Crippen molar-refractivity contribution in [3.8, 4) is 0 Å². The number of likely N-dealkylation sites (tertiary alicyclic amines) is 3. The Morgan fingerprint density at radius 3 is 1.37 bits per heavy atom. The van der Waals surface area contributed by atoms with E-state index in [9.17, 15) is 46.7 Å². The van der Waals surface area contributed by atoms with Crippen LogP contribution in [-0.4, -0.2) is 170 Å². The van der Waals surface area contributed by atoms with Gasteiger partial charge in [-0.3, -0.25) is 43.1 Å². The molecule has 8 heterocycles. The number of ketones is 2. The van der Waals surface area contributed by atoms with Gasteiger partial charge in [0.2, 0.25) is 0 Å². The quantitative estimate of drug-likeness (QED) is 0.0674. The number of carbonyl (C=O) groups is 4. The molecule has 1 amide bonds. The lowest BCUT2D eigenvalue weighted by atomic mass is 10.0. The van der Waals surface area contributed by atoms with Gasteiger partial charge in [0.1, 0.15) is 23.5 Å². The second kappa shape index (κ2) is 44.3. The molecule has 4 N–H and O–H groups in total. The van der Waals surface area contributed by atoms with Crippen LogP contribution in [0.3, 0.4) is 0 Å². The second-order valence-electron chi connectivity index (χ2n) is 29.7. The van der Waals surface area contributed by atoms with E-state index in [1.807, 2.05) is 51.1 Å². The van der Waals surface area contributed by atoms with Crippen LogP contribution in [0.5, 0.6) is 0 Å². The van der Waals surface area contributed by atoms with E-state index in [-0.39, 0.29) is 52.0 Å². The molecule has 0 unspecified atom stereocenters. The number of nitrogens with zero attached hydrogens (tertiary/aromatic N) is 15. The number of alkyl halides is 1. The summed E-state index contributed by atoms with van der Waals surface area (Å²) in [6, 6.07) is 37.3. The van der Waals surface area contributed by atoms with E-state index in [2.05, 4.69) is 85.6 Å². The number of hydrogen-bond acceptors (Lipinski definition) is 18. The summed E-state index contributed by atoms with van der Waals surface area (Å²) < 4.78 is 53.2. The van der Waals surface area contributed by atoms with Crippen LogP contribution < -0.4 is 33.0 Å². The number of benzene rings is 7. The van der Waals surface area contributed by atoms with Crippen molar-refractivity contribution in [1.29, 1.82) is 0 Å². The summed E-state index contributed by atoms with van der Waals surface area (Å²) in [5.74, 6) is -0.420. The Morgan fingerprint density at radius 2 is 0.950 bits per heavy atom. The summed E-state index contributed by atoms with van der Waals surface area (Å²) in [6.45, 7) is 47.5. The molecule has 0 saturated carbocycles. The Hall–Kier alpha value is -12.4. The van der Waals surface area contributed by atoms with Gasteiger partial charge in [0.05, 0.1) is 110 Å². The lowest BCUT2D eigenvalue weighted by Crippen LogP contribution is -2.46. The molecule has 0 radical (unpaired) electrons. The molecule has 26 nitrogen and oxygen atoms in total. The molecular formula is C89H94BrF3N18O8. The van der Waals surface area contributed by atoms with Gasteiger partial charge in [-0.2, -0.15) is 0 Å². The molecule has 3 fully saturated rings. The molecule has 5 aliphatic heterocycles. The third-order valence-corrected chi connectivity index (χ3v) is 20.6. The number of aldehydes is 1. The Morgan fingerprint density at radius 1 is 0.555 bits per heavy atom. The molecule has 0 aliphatic carbocycles. The molecule has 0 bridgehead atoms. The third-order valence-electron chi connectivity index (χ3n) is 20.1. The first-order chi connectivity index (χ1) is 57.6. The van der Waals surface area contributed by atoms with Crippen molar-refractivity contribution in [1.82, 2.24) is 54.0 Å². The lowest BCUT2D eigenvalue weighted by molar-refractivity contribution is -0.112. The van der Waals surface area contributed by atoms with Crippen LogP contribution in [0.2, 0.25) is 0 Å². The van der Waals surface area contributed by atoms with Gasteiger partial charge in [-0.25, -0.2) is 47.9 Å². The van der Waals surface area contributed by atoms with E-state index in [1.54, 1.807) is 119 Å². The number of hydrogen-bond donors (Lipinski definition) is 3. The molecule has 3 saturated heterocycles. The fourth-order valence-electron chi connectivity index (χ4n) is 13.6. The van der Waals surface area contributed by atoms with Crippen molar-refractivity contribution in [2.75, 3.05) is 66.1 Å². The zero-order valence-corrected chi connectivity index (χ0v) is 68.5. The smallest absolute Gasteiger partial charge is 0.407 e. The zero-order chi connectivity index (χ0) is 86.4. The van der Waals surface area contributed by atoms with E-state index in [4.69, 9.17) is 38.1 Å². The number of fused-ring (bicyclic) bond motifs is 5. The Balaban J connectivity index is 0.000000170. The number of rotatable bonds is 14. The summed E-state index contributed by atoms with van der Waals surface area (Å²) in [6.07, 6.45) is 13.6. The second-order valence-corrected chi connectivity index (χ2v) is 30.7. The summed E-state index contributed by atoms with van der Waals surface area (Å²) in [4.78, 5) is 122. The Bertz CT molecular complexity index is 5750. The van der Waals surface area contributed by atoms with Gasteiger partial charge < -0.3 is 49.5 Å². The molecule has 30 heteroatoms. The molecule has 119 heavy (non-hydrogen) atoms. The summed E-state index contributed by atoms with van der Waals surface area (Å²) >= 11 is 3.35. The van der Waals surface area contributed by atoms with Gasteiger partial charge in [0.25, 0.3) is 16.7 Å². The normalized spacial score (nSPS) is 14.8. The number of Topliss-reactive ketones (excluding diaryl/α,β-unsaturated/α-hetero) is 2. The van der Waals surface area contributed by atoms with Gasteiger partial charge in [0.15, 0.2) is 34.3 Å². The topological polar surface area (TPSA) is 284 Å². The molecule has 15 rings (SSSR count). The minimum absolute atomic E-state index is 0.00497. The molecule has 5 aliphatic rings. The van der Waals surface area contributed by atoms with Gasteiger partial charge in [0, 0.05) is 99.9 Å². The van der Waals surface area contributed by atoms with Crippen molar-refractivity contribution in [2.24, 2.45) is 15.7 Å². The first-order valence-corrected chi connectivity index (χ1v) is 39.5. The van der Waals surface area contributed by atoms with Crippen molar-refractivity contribution in [3.63, 3.8) is 0 Å². The first kappa shape index (κ1) is 89.0. The number of alkyl carbamates (subject to hydrolysis) is 1. The molecule has 10 aromatic rings. The summed E-state index contributed by atoms with van der Waals surface area (Å²) in [7, 11) is -1.00. The van der Waals surface area contributed by atoms with Gasteiger partial charge in [-0.15, -0.1) is 0 Å². The van der Waals surface area contributed by atoms with Gasteiger partial charge >= 0.3 is 6.09 Å². The van der Waals surface area contributed by atoms with Crippen molar-refractivity contribution in [3.05, 3.63) is 272 Å². The minimum atomic E-state index is -1.00. The van der Waals surface area contributed by atoms with Crippen LogP contribution in [0.1, 0.15) is 98.8 Å². The number of ether oxygens (including phenoxy) is 1. The summed E-state index contributed by atoms with van der Waals surface area (Å²) in [5, 5.41) is 6.48. The summed E-state index contributed by atoms with van der Waals surface area (Å²) in [5.41, 5.74) is 17.5. The van der Waals surface area contributed by atoms with Gasteiger partial charge in [-0.05, 0) is 200 Å². The largest absolute Gasteiger partial charge is 0.444 e. The minimum Gasteiger partial charge on any atom is -0.444 e. The van der Waals surface area contributed by atoms with Crippen LogP contribution in [-0.2, 0) is 53.3 Å². The predicted octanol–water partition coefficient (Wildman–Crippen LogP) is 14.8. The Labute approximate surface area is 698 Å². The molecule has 0 atom stereocenters. The maximum Gasteiger partial charge on any atom is 0.407 e. The molecule has 0 spiro atoms. The van der Waals surface area contributed by atoms with E-state index < -0.39 is 12.8 Å². The highest BCUT2D eigenvalue weighted by Gasteiger charge is 2.25. The number of halogens is 4. The number of aromatic nitrogens is 6. The highest BCUT2D eigenvalue weighted by atomic mass is 79.9. The van der Waals surface area contributed by atoms with Crippen LogP contribution in [0.4, 0.5) is 52.1 Å². The van der Waals surface area contributed by atoms with Crippen LogP contribution >= 0.6 is 15.9 Å². The number of piperidine rings is 3. The highest BCUT2D eigenvalue weighted by Crippen LogP contribution is 2.30. The van der Waals surface area contributed by atoms with Gasteiger partial charge in [-0.1, -0.05) is 70.5 Å². The molecule has 616 valence electrons. The fraction of sp³-hybridized carbons (Fsp3) is 0.348. The van der Waals surface area contributed by atoms with Crippen LogP contribution in [0.15, 0.2) is 175 Å². The fourth-order valence-corrected chi connectivity index (χ4v) is 14.0. The maximum atomic E-state index is 13.7. The number of nitrogens with two attached hydrogens (primary N) is 1.